The Kier molecular flexibility index (Phi) is 2.32. The van der Waals surface area contributed by atoms with E-state index in [1.165, 1.54) is 12.8 Å². The SMILES string of the molecule is NCC1CCCC1c1nnc2ncccn12. The Morgan fingerprint density at radius 3 is 3.19 bits per heavy atom. The maximum atomic E-state index is 5.80. The Balaban J connectivity index is 2.05. The third-order valence-electron chi connectivity index (χ3n) is 3.51. The van der Waals surface area contributed by atoms with Gasteiger partial charge in [0.25, 0.3) is 5.78 Å². The minimum Gasteiger partial charge on any atom is -0.330 e. The minimum atomic E-state index is 0.448. The number of rotatable bonds is 2. The fourth-order valence-corrected chi connectivity index (χ4v) is 2.67. The highest BCUT2D eigenvalue weighted by molar-refractivity contribution is 5.27. The van der Waals surface area contributed by atoms with Crippen molar-refractivity contribution in [1.82, 2.24) is 19.6 Å². The number of aromatic nitrogens is 4. The largest absolute Gasteiger partial charge is 0.330 e. The minimum absolute atomic E-state index is 0.448. The van der Waals surface area contributed by atoms with E-state index in [0.717, 1.165) is 18.8 Å². The van der Waals surface area contributed by atoms with Crippen LogP contribution in [0.1, 0.15) is 31.0 Å². The third kappa shape index (κ3) is 1.39. The molecule has 5 heteroatoms. The van der Waals surface area contributed by atoms with Gasteiger partial charge in [-0.15, -0.1) is 10.2 Å². The van der Waals surface area contributed by atoms with Crippen molar-refractivity contribution in [2.24, 2.45) is 11.7 Å². The lowest BCUT2D eigenvalue weighted by Gasteiger charge is -2.15. The van der Waals surface area contributed by atoms with Crippen molar-refractivity contribution in [1.29, 1.82) is 0 Å². The summed E-state index contributed by atoms with van der Waals surface area (Å²) in [5.41, 5.74) is 5.80. The Labute approximate surface area is 93.7 Å². The summed E-state index contributed by atoms with van der Waals surface area (Å²) in [6, 6.07) is 1.91. The summed E-state index contributed by atoms with van der Waals surface area (Å²) in [5.74, 6) is 2.70. The van der Waals surface area contributed by atoms with E-state index >= 15 is 0 Å². The number of nitrogens with two attached hydrogens (primary N) is 1. The lowest BCUT2D eigenvalue weighted by Crippen LogP contribution is -2.18. The summed E-state index contributed by atoms with van der Waals surface area (Å²) in [5, 5.41) is 8.36. The highest BCUT2D eigenvalue weighted by Crippen LogP contribution is 2.37. The van der Waals surface area contributed by atoms with Gasteiger partial charge in [-0.05, 0) is 31.4 Å². The monoisotopic (exact) mass is 217 g/mol. The number of hydrogen-bond acceptors (Lipinski definition) is 4. The molecule has 2 N–H and O–H groups in total. The van der Waals surface area contributed by atoms with Gasteiger partial charge in [0.05, 0.1) is 0 Å². The number of hydrogen-bond donors (Lipinski definition) is 1. The van der Waals surface area contributed by atoms with Gasteiger partial charge in [0.15, 0.2) is 0 Å². The second-order valence-electron chi connectivity index (χ2n) is 4.38. The molecule has 2 heterocycles. The van der Waals surface area contributed by atoms with Gasteiger partial charge in [-0.1, -0.05) is 6.42 Å². The van der Waals surface area contributed by atoms with Crippen LogP contribution in [0.15, 0.2) is 18.5 Å². The maximum absolute atomic E-state index is 5.80. The van der Waals surface area contributed by atoms with Crippen molar-refractivity contribution in [3.05, 3.63) is 24.3 Å². The second kappa shape index (κ2) is 3.83. The van der Waals surface area contributed by atoms with Crippen molar-refractivity contribution in [2.45, 2.75) is 25.2 Å². The maximum Gasteiger partial charge on any atom is 0.254 e. The smallest absolute Gasteiger partial charge is 0.254 e. The van der Waals surface area contributed by atoms with Crippen LogP contribution in [-0.4, -0.2) is 26.1 Å². The molecule has 84 valence electrons. The summed E-state index contributed by atoms with van der Waals surface area (Å²) in [4.78, 5) is 4.18. The lowest BCUT2D eigenvalue weighted by atomic mass is 9.95. The zero-order valence-corrected chi connectivity index (χ0v) is 9.08. The molecular formula is C11H15N5. The van der Waals surface area contributed by atoms with E-state index in [2.05, 4.69) is 15.2 Å². The van der Waals surface area contributed by atoms with Gasteiger partial charge in [0, 0.05) is 18.3 Å². The highest BCUT2D eigenvalue weighted by atomic mass is 15.3. The molecule has 5 nitrogen and oxygen atoms in total. The van der Waals surface area contributed by atoms with E-state index in [9.17, 15) is 0 Å². The van der Waals surface area contributed by atoms with Crippen LogP contribution in [0.4, 0.5) is 0 Å². The molecule has 16 heavy (non-hydrogen) atoms. The van der Waals surface area contributed by atoms with Crippen molar-refractivity contribution >= 4 is 5.78 Å². The van der Waals surface area contributed by atoms with E-state index in [1.807, 2.05) is 16.7 Å². The first-order valence-corrected chi connectivity index (χ1v) is 5.76. The Morgan fingerprint density at radius 1 is 1.38 bits per heavy atom. The van der Waals surface area contributed by atoms with Gasteiger partial charge in [0.1, 0.15) is 5.82 Å². The molecule has 2 unspecified atom stereocenters. The molecule has 1 aliphatic carbocycles. The van der Waals surface area contributed by atoms with Crippen molar-refractivity contribution in [2.75, 3.05) is 6.54 Å². The molecule has 2 atom stereocenters. The van der Waals surface area contributed by atoms with E-state index < -0.39 is 0 Å². The predicted molar refractivity (Wildman–Crippen MR) is 59.9 cm³/mol. The summed E-state index contributed by atoms with van der Waals surface area (Å²) >= 11 is 0. The van der Waals surface area contributed by atoms with Crippen molar-refractivity contribution in [3.8, 4) is 0 Å². The van der Waals surface area contributed by atoms with Gasteiger partial charge in [-0.2, -0.15) is 0 Å². The van der Waals surface area contributed by atoms with Crippen LogP contribution in [0.3, 0.4) is 0 Å². The standard InChI is InChI=1S/C11H15N5/c12-7-8-3-1-4-9(8)10-14-15-11-13-5-2-6-16(10)11/h2,5-6,8-9H,1,3-4,7,12H2. The molecule has 0 saturated heterocycles. The Hall–Kier alpha value is -1.49. The molecule has 0 aromatic carbocycles. The topological polar surface area (TPSA) is 69.1 Å². The zero-order valence-electron chi connectivity index (χ0n) is 9.08. The van der Waals surface area contributed by atoms with Gasteiger partial charge in [-0.25, -0.2) is 4.98 Å². The molecular weight excluding hydrogens is 202 g/mol. The molecule has 1 saturated carbocycles. The number of nitrogens with zero attached hydrogens (tertiary/aromatic N) is 4. The molecule has 0 aliphatic heterocycles. The molecule has 3 rings (SSSR count). The molecule has 2 aromatic heterocycles. The number of fused-ring (bicyclic) bond motifs is 1. The predicted octanol–water partition coefficient (Wildman–Crippen LogP) is 0.967. The quantitative estimate of drug-likeness (QED) is 0.813. The Morgan fingerprint density at radius 2 is 2.31 bits per heavy atom. The molecule has 0 amide bonds. The molecule has 1 aliphatic rings. The van der Waals surface area contributed by atoms with Gasteiger partial charge in [-0.3, -0.25) is 4.40 Å². The average molecular weight is 217 g/mol. The highest BCUT2D eigenvalue weighted by Gasteiger charge is 2.31. The van der Waals surface area contributed by atoms with Crippen LogP contribution in [0, 0.1) is 5.92 Å². The fraction of sp³-hybridized carbons (Fsp3) is 0.545. The fourth-order valence-electron chi connectivity index (χ4n) is 2.67. The molecule has 0 spiro atoms. The molecule has 0 bridgehead atoms. The summed E-state index contributed by atoms with van der Waals surface area (Å²) in [7, 11) is 0. The van der Waals surface area contributed by atoms with Crippen molar-refractivity contribution < 1.29 is 0 Å². The summed E-state index contributed by atoms with van der Waals surface area (Å²) < 4.78 is 1.98. The van der Waals surface area contributed by atoms with E-state index in [0.29, 0.717) is 17.6 Å². The van der Waals surface area contributed by atoms with E-state index in [-0.39, 0.29) is 0 Å². The first kappa shape index (κ1) is 9.72. The lowest BCUT2D eigenvalue weighted by molar-refractivity contribution is 0.474. The van der Waals surface area contributed by atoms with Gasteiger partial charge < -0.3 is 5.73 Å². The average Bonchev–Trinajstić information content (AvgIpc) is 2.94. The molecule has 0 radical (unpaired) electrons. The second-order valence-corrected chi connectivity index (χ2v) is 4.38. The first-order chi connectivity index (χ1) is 7.90. The first-order valence-electron chi connectivity index (χ1n) is 5.76. The van der Waals surface area contributed by atoms with Crippen LogP contribution >= 0.6 is 0 Å². The van der Waals surface area contributed by atoms with Gasteiger partial charge in [0.2, 0.25) is 0 Å². The Bertz CT molecular complexity index is 492. The normalized spacial score (nSPS) is 25.3. The van der Waals surface area contributed by atoms with Crippen LogP contribution in [0.25, 0.3) is 5.78 Å². The van der Waals surface area contributed by atoms with Gasteiger partial charge >= 0.3 is 0 Å². The third-order valence-corrected chi connectivity index (χ3v) is 3.51. The van der Waals surface area contributed by atoms with Crippen molar-refractivity contribution in [3.63, 3.8) is 0 Å². The zero-order chi connectivity index (χ0) is 11.0. The summed E-state index contributed by atoms with van der Waals surface area (Å²) in [6.07, 6.45) is 7.32. The van der Waals surface area contributed by atoms with Crippen LogP contribution in [0.5, 0.6) is 0 Å². The van der Waals surface area contributed by atoms with Crippen LogP contribution in [-0.2, 0) is 0 Å². The van der Waals surface area contributed by atoms with E-state index in [1.54, 1.807) is 6.20 Å². The molecule has 1 fully saturated rings. The molecule has 2 aromatic rings. The van der Waals surface area contributed by atoms with Crippen LogP contribution in [0.2, 0.25) is 0 Å². The van der Waals surface area contributed by atoms with E-state index in [4.69, 9.17) is 5.73 Å². The summed E-state index contributed by atoms with van der Waals surface area (Å²) in [6.45, 7) is 0.736. The van der Waals surface area contributed by atoms with Crippen LogP contribution < -0.4 is 5.73 Å².